The fourth-order valence-corrected chi connectivity index (χ4v) is 4.21. The standard InChI is InChI=1S/C20H20N10O2S2/c31-17(13-33-19-23-25-27-29(19)15-7-3-1-4-8-15)21-11-12-22-18(32)14-34-20-24-26-28-30(20)16-9-5-2-6-10-16/h1-10H,11-14H2,(H,21,31)(H,22,32). The Labute approximate surface area is 202 Å². The van der Waals surface area contributed by atoms with Crippen molar-refractivity contribution in [1.82, 2.24) is 51.0 Å². The lowest BCUT2D eigenvalue weighted by atomic mass is 10.3. The molecule has 0 aliphatic carbocycles. The van der Waals surface area contributed by atoms with Gasteiger partial charge in [0.15, 0.2) is 0 Å². The van der Waals surface area contributed by atoms with Gasteiger partial charge in [0.1, 0.15) is 0 Å². The average Bonchev–Trinajstić information content (AvgIpc) is 3.55. The first-order valence-corrected chi connectivity index (χ1v) is 12.1. The van der Waals surface area contributed by atoms with Gasteiger partial charge >= 0.3 is 0 Å². The van der Waals surface area contributed by atoms with Crippen LogP contribution >= 0.6 is 23.5 Å². The van der Waals surface area contributed by atoms with E-state index in [2.05, 4.69) is 41.7 Å². The van der Waals surface area contributed by atoms with Gasteiger partial charge in [-0.3, -0.25) is 9.59 Å². The van der Waals surface area contributed by atoms with Crippen LogP contribution in [0.5, 0.6) is 0 Å². The molecule has 0 saturated heterocycles. The molecule has 0 aliphatic rings. The lowest BCUT2D eigenvalue weighted by Crippen LogP contribution is -2.36. The van der Waals surface area contributed by atoms with Crippen molar-refractivity contribution in [2.75, 3.05) is 24.6 Å². The highest BCUT2D eigenvalue weighted by Gasteiger charge is 2.13. The molecule has 4 rings (SSSR count). The topological polar surface area (TPSA) is 145 Å². The Morgan fingerprint density at radius 2 is 1.09 bits per heavy atom. The highest BCUT2D eigenvalue weighted by Crippen LogP contribution is 2.18. The zero-order valence-electron chi connectivity index (χ0n) is 17.8. The third kappa shape index (κ3) is 6.39. The smallest absolute Gasteiger partial charge is 0.230 e. The van der Waals surface area contributed by atoms with Gasteiger partial charge in [0.25, 0.3) is 0 Å². The van der Waals surface area contributed by atoms with Crippen LogP contribution in [-0.2, 0) is 9.59 Å². The molecular formula is C20H20N10O2S2. The molecule has 12 nitrogen and oxygen atoms in total. The highest BCUT2D eigenvalue weighted by atomic mass is 32.2. The van der Waals surface area contributed by atoms with Crippen molar-refractivity contribution < 1.29 is 9.59 Å². The number of hydrogen-bond donors (Lipinski definition) is 2. The zero-order chi connectivity index (χ0) is 23.6. The molecule has 0 unspecified atom stereocenters. The fourth-order valence-electron chi connectivity index (χ4n) is 2.77. The Balaban J connectivity index is 1.14. The number of tetrazole rings is 2. The molecule has 174 valence electrons. The lowest BCUT2D eigenvalue weighted by molar-refractivity contribution is -0.120. The Morgan fingerprint density at radius 1 is 0.676 bits per heavy atom. The number of carbonyl (C=O) groups excluding carboxylic acids is 2. The van der Waals surface area contributed by atoms with E-state index >= 15 is 0 Å². The van der Waals surface area contributed by atoms with Gasteiger partial charge in [-0.1, -0.05) is 59.9 Å². The average molecular weight is 497 g/mol. The number of para-hydroxylation sites is 2. The third-order valence-corrected chi connectivity index (χ3v) is 6.16. The van der Waals surface area contributed by atoms with Crippen LogP contribution in [0.1, 0.15) is 0 Å². The molecule has 2 aromatic carbocycles. The minimum Gasteiger partial charge on any atom is -0.354 e. The summed E-state index contributed by atoms with van der Waals surface area (Å²) in [5.74, 6) is -0.0604. The van der Waals surface area contributed by atoms with Gasteiger partial charge < -0.3 is 10.6 Å². The molecule has 2 heterocycles. The molecule has 0 spiro atoms. The van der Waals surface area contributed by atoms with E-state index in [1.807, 2.05) is 60.7 Å². The van der Waals surface area contributed by atoms with Crippen molar-refractivity contribution in [3.8, 4) is 11.4 Å². The van der Waals surface area contributed by atoms with E-state index in [1.165, 1.54) is 23.5 Å². The van der Waals surface area contributed by atoms with Crippen molar-refractivity contribution in [2.45, 2.75) is 10.3 Å². The maximum atomic E-state index is 12.1. The van der Waals surface area contributed by atoms with Crippen LogP contribution in [0.2, 0.25) is 0 Å². The highest BCUT2D eigenvalue weighted by molar-refractivity contribution is 8.00. The van der Waals surface area contributed by atoms with Gasteiger partial charge in [-0.05, 0) is 45.1 Å². The molecule has 0 atom stereocenters. The second-order valence-corrected chi connectivity index (χ2v) is 8.58. The first kappa shape index (κ1) is 23.4. The quantitative estimate of drug-likeness (QED) is 0.225. The Morgan fingerprint density at radius 3 is 1.50 bits per heavy atom. The predicted octanol–water partition coefficient (Wildman–Crippen LogP) is 0.755. The number of thioether (sulfide) groups is 2. The van der Waals surface area contributed by atoms with E-state index in [4.69, 9.17) is 0 Å². The first-order chi connectivity index (χ1) is 16.7. The third-order valence-electron chi connectivity index (χ3n) is 4.32. The number of benzene rings is 2. The number of hydrogen-bond acceptors (Lipinski definition) is 10. The van der Waals surface area contributed by atoms with Crippen LogP contribution in [0.15, 0.2) is 71.0 Å². The van der Waals surface area contributed by atoms with Crippen molar-refractivity contribution in [3.63, 3.8) is 0 Å². The molecule has 2 aromatic heterocycles. The summed E-state index contributed by atoms with van der Waals surface area (Å²) in [6.07, 6.45) is 0. The Bertz CT molecular complexity index is 1120. The van der Waals surface area contributed by atoms with Crippen molar-refractivity contribution in [1.29, 1.82) is 0 Å². The van der Waals surface area contributed by atoms with Gasteiger partial charge in [-0.25, -0.2) is 0 Å². The van der Waals surface area contributed by atoms with Crippen molar-refractivity contribution in [3.05, 3.63) is 60.7 Å². The van der Waals surface area contributed by atoms with E-state index in [0.29, 0.717) is 23.4 Å². The molecule has 0 fully saturated rings. The maximum absolute atomic E-state index is 12.1. The monoisotopic (exact) mass is 496 g/mol. The molecule has 0 aliphatic heterocycles. The first-order valence-electron chi connectivity index (χ1n) is 10.2. The predicted molar refractivity (Wildman–Crippen MR) is 126 cm³/mol. The number of carbonyl (C=O) groups is 2. The molecule has 2 N–H and O–H groups in total. The number of amides is 2. The van der Waals surface area contributed by atoms with E-state index in [-0.39, 0.29) is 23.3 Å². The summed E-state index contributed by atoms with van der Waals surface area (Å²) in [5, 5.41) is 29.8. The molecule has 2 amide bonds. The number of nitrogens with zero attached hydrogens (tertiary/aromatic N) is 8. The van der Waals surface area contributed by atoms with Crippen LogP contribution in [0.25, 0.3) is 11.4 Å². The van der Waals surface area contributed by atoms with Crippen molar-refractivity contribution >= 4 is 35.3 Å². The SMILES string of the molecule is O=C(CSc1nnnn1-c1ccccc1)NCCNC(=O)CSc1nnnn1-c1ccccc1. The maximum Gasteiger partial charge on any atom is 0.230 e. The zero-order valence-corrected chi connectivity index (χ0v) is 19.4. The summed E-state index contributed by atoms with van der Waals surface area (Å²) < 4.78 is 3.15. The van der Waals surface area contributed by atoms with Crippen LogP contribution in [0.4, 0.5) is 0 Å². The number of rotatable bonds is 11. The fraction of sp³-hybridized carbons (Fsp3) is 0.200. The Hall–Kier alpha value is -3.78. The molecule has 0 radical (unpaired) electrons. The van der Waals surface area contributed by atoms with E-state index < -0.39 is 0 Å². The summed E-state index contributed by atoms with van der Waals surface area (Å²) in [6, 6.07) is 18.9. The summed E-state index contributed by atoms with van der Waals surface area (Å²) in [5.41, 5.74) is 1.63. The van der Waals surface area contributed by atoms with Gasteiger partial charge in [-0.2, -0.15) is 9.36 Å². The number of nitrogens with one attached hydrogen (secondary N) is 2. The van der Waals surface area contributed by atoms with E-state index in [0.717, 1.165) is 11.4 Å². The molecule has 34 heavy (non-hydrogen) atoms. The van der Waals surface area contributed by atoms with Crippen LogP contribution in [-0.4, -0.2) is 76.8 Å². The molecule has 0 bridgehead atoms. The largest absolute Gasteiger partial charge is 0.354 e. The minimum atomic E-state index is -0.182. The Kier molecular flexibility index (Phi) is 8.18. The van der Waals surface area contributed by atoms with Crippen LogP contribution in [0.3, 0.4) is 0 Å². The molecular weight excluding hydrogens is 476 g/mol. The molecule has 0 saturated carbocycles. The summed E-state index contributed by atoms with van der Waals surface area (Å²) >= 11 is 2.46. The second kappa shape index (κ2) is 11.9. The second-order valence-electron chi connectivity index (χ2n) is 6.69. The molecule has 4 aromatic rings. The minimum absolute atomic E-state index is 0.152. The van der Waals surface area contributed by atoms with Gasteiger partial charge in [0.05, 0.1) is 22.9 Å². The normalized spacial score (nSPS) is 10.7. The van der Waals surface area contributed by atoms with Crippen LogP contribution in [0, 0.1) is 0 Å². The number of aromatic nitrogens is 8. The van der Waals surface area contributed by atoms with Gasteiger partial charge in [0.2, 0.25) is 22.1 Å². The van der Waals surface area contributed by atoms with Crippen molar-refractivity contribution in [2.24, 2.45) is 0 Å². The van der Waals surface area contributed by atoms with Crippen LogP contribution < -0.4 is 10.6 Å². The summed E-state index contributed by atoms with van der Waals surface area (Å²) in [6.45, 7) is 0.613. The van der Waals surface area contributed by atoms with E-state index in [1.54, 1.807) is 9.36 Å². The summed E-state index contributed by atoms with van der Waals surface area (Å²) in [7, 11) is 0. The molecule has 14 heteroatoms. The summed E-state index contributed by atoms with van der Waals surface area (Å²) in [4.78, 5) is 24.3. The van der Waals surface area contributed by atoms with Gasteiger partial charge in [0, 0.05) is 13.1 Å². The van der Waals surface area contributed by atoms with Gasteiger partial charge in [-0.15, -0.1) is 10.2 Å². The lowest BCUT2D eigenvalue weighted by Gasteiger charge is -2.07. The van der Waals surface area contributed by atoms with E-state index in [9.17, 15) is 9.59 Å².